The maximum atomic E-state index is 13.2. The molecule has 2 aliphatic heterocycles. The number of nitrogens with one attached hydrogen (secondary N) is 2. The Morgan fingerprint density at radius 1 is 1.33 bits per heavy atom. The van der Waals surface area contributed by atoms with E-state index in [-0.39, 0.29) is 11.7 Å². The van der Waals surface area contributed by atoms with Crippen LogP contribution in [0.25, 0.3) is 0 Å². The van der Waals surface area contributed by atoms with E-state index in [1.807, 2.05) is 0 Å². The molecule has 0 saturated carbocycles. The topological polar surface area (TPSA) is 70.2 Å². The van der Waals surface area contributed by atoms with Gasteiger partial charge >= 0.3 is 12.2 Å². The molecule has 0 spiro atoms. The number of likely N-dealkylation sites (tertiary alicyclic amines) is 1. The van der Waals surface area contributed by atoms with E-state index < -0.39 is 17.8 Å². The van der Waals surface area contributed by atoms with E-state index in [0.29, 0.717) is 26.2 Å². The van der Waals surface area contributed by atoms with Crippen LogP contribution < -0.4 is 5.32 Å². The molecule has 1 saturated heterocycles. The second kappa shape index (κ2) is 6.88. The molecule has 1 atom stereocenters. The zero-order valence-electron chi connectivity index (χ0n) is 14.5. The SMILES string of the molecule is O=C(Nc1ccccc1C(F)(F)F)N1CCCC1c1n[nH]c2c1COCC2. The number of hydrogen-bond acceptors (Lipinski definition) is 3. The fourth-order valence-corrected chi connectivity index (χ4v) is 3.73. The van der Waals surface area contributed by atoms with E-state index >= 15 is 0 Å². The number of urea groups is 1. The zero-order valence-corrected chi connectivity index (χ0v) is 14.5. The van der Waals surface area contributed by atoms with Gasteiger partial charge < -0.3 is 15.0 Å². The normalized spacial score (nSPS) is 19.8. The van der Waals surface area contributed by atoms with Crippen LogP contribution in [-0.4, -0.2) is 34.3 Å². The Labute approximate surface area is 153 Å². The molecular formula is C18H19F3N4O2. The summed E-state index contributed by atoms with van der Waals surface area (Å²) in [5, 5.41) is 9.80. The Morgan fingerprint density at radius 2 is 2.15 bits per heavy atom. The Hall–Kier alpha value is -2.55. The molecule has 0 aliphatic carbocycles. The number of carbonyl (C=O) groups excluding carboxylic acids is 1. The van der Waals surface area contributed by atoms with E-state index in [2.05, 4.69) is 15.5 Å². The van der Waals surface area contributed by atoms with Crippen LogP contribution >= 0.6 is 0 Å². The number of alkyl halides is 3. The molecule has 0 bridgehead atoms. The van der Waals surface area contributed by atoms with Gasteiger partial charge in [0.25, 0.3) is 0 Å². The van der Waals surface area contributed by atoms with Crippen molar-refractivity contribution in [2.45, 2.75) is 38.1 Å². The molecule has 1 fully saturated rings. The van der Waals surface area contributed by atoms with Crippen LogP contribution in [0.15, 0.2) is 24.3 Å². The minimum absolute atomic E-state index is 0.243. The summed E-state index contributed by atoms with van der Waals surface area (Å²) in [6, 6.07) is 4.16. The van der Waals surface area contributed by atoms with Crippen LogP contribution in [0.1, 0.15) is 41.4 Å². The van der Waals surface area contributed by atoms with Crippen molar-refractivity contribution in [3.05, 3.63) is 46.8 Å². The first kappa shape index (κ1) is 17.8. The molecule has 3 heterocycles. The van der Waals surface area contributed by atoms with Crippen LogP contribution in [0.5, 0.6) is 0 Å². The summed E-state index contributed by atoms with van der Waals surface area (Å²) in [7, 11) is 0. The molecule has 4 rings (SSSR count). The molecule has 2 amide bonds. The number of anilines is 1. The van der Waals surface area contributed by atoms with Gasteiger partial charge in [-0.1, -0.05) is 12.1 Å². The summed E-state index contributed by atoms with van der Waals surface area (Å²) in [6.07, 6.45) is -2.32. The van der Waals surface area contributed by atoms with Gasteiger partial charge in [0.15, 0.2) is 0 Å². The highest BCUT2D eigenvalue weighted by atomic mass is 19.4. The number of fused-ring (bicyclic) bond motifs is 1. The minimum Gasteiger partial charge on any atom is -0.376 e. The summed E-state index contributed by atoms with van der Waals surface area (Å²) < 4.78 is 45.0. The van der Waals surface area contributed by atoms with Crippen molar-refractivity contribution in [3.8, 4) is 0 Å². The highest BCUT2D eigenvalue weighted by Gasteiger charge is 2.37. The molecule has 0 radical (unpaired) electrons. The quantitative estimate of drug-likeness (QED) is 0.831. The van der Waals surface area contributed by atoms with Gasteiger partial charge in [0.1, 0.15) is 0 Å². The monoisotopic (exact) mass is 380 g/mol. The van der Waals surface area contributed by atoms with Crippen molar-refractivity contribution in [2.24, 2.45) is 0 Å². The zero-order chi connectivity index (χ0) is 19.0. The Kier molecular flexibility index (Phi) is 4.55. The van der Waals surface area contributed by atoms with Crippen molar-refractivity contribution in [2.75, 3.05) is 18.5 Å². The number of aromatic amines is 1. The van der Waals surface area contributed by atoms with Gasteiger partial charge in [0.2, 0.25) is 0 Å². The predicted molar refractivity (Wildman–Crippen MR) is 91.1 cm³/mol. The number of nitrogens with zero attached hydrogens (tertiary/aromatic N) is 2. The van der Waals surface area contributed by atoms with Gasteiger partial charge in [-0.25, -0.2) is 4.79 Å². The van der Waals surface area contributed by atoms with E-state index in [1.54, 1.807) is 4.90 Å². The van der Waals surface area contributed by atoms with Crippen molar-refractivity contribution in [1.29, 1.82) is 0 Å². The lowest BCUT2D eigenvalue weighted by Crippen LogP contribution is -2.35. The second-order valence-corrected chi connectivity index (χ2v) is 6.69. The van der Waals surface area contributed by atoms with Crippen LogP contribution in [-0.2, 0) is 23.9 Å². The molecule has 144 valence electrons. The van der Waals surface area contributed by atoms with Crippen LogP contribution in [0.2, 0.25) is 0 Å². The fourth-order valence-electron chi connectivity index (χ4n) is 3.73. The number of benzene rings is 1. The third kappa shape index (κ3) is 3.39. The summed E-state index contributed by atoms with van der Waals surface area (Å²) in [6.45, 7) is 1.52. The van der Waals surface area contributed by atoms with Crippen molar-refractivity contribution >= 4 is 11.7 Å². The lowest BCUT2D eigenvalue weighted by molar-refractivity contribution is -0.136. The molecule has 1 aromatic heterocycles. The molecule has 27 heavy (non-hydrogen) atoms. The van der Waals surface area contributed by atoms with E-state index in [1.165, 1.54) is 18.2 Å². The maximum absolute atomic E-state index is 13.2. The predicted octanol–water partition coefficient (Wildman–Crippen LogP) is 3.87. The summed E-state index contributed by atoms with van der Waals surface area (Å²) in [5.74, 6) is 0. The lowest BCUT2D eigenvalue weighted by Gasteiger charge is -2.26. The van der Waals surface area contributed by atoms with Gasteiger partial charge in [-0.15, -0.1) is 0 Å². The second-order valence-electron chi connectivity index (χ2n) is 6.69. The number of H-pyrrole nitrogens is 1. The van der Waals surface area contributed by atoms with Crippen LogP contribution in [0, 0.1) is 0 Å². The number of rotatable bonds is 2. The first-order chi connectivity index (χ1) is 12.9. The summed E-state index contributed by atoms with van der Waals surface area (Å²) in [5.41, 5.74) is 1.61. The van der Waals surface area contributed by atoms with E-state index in [9.17, 15) is 18.0 Å². The first-order valence-electron chi connectivity index (χ1n) is 8.83. The number of para-hydroxylation sites is 1. The number of carbonyl (C=O) groups is 1. The highest BCUT2D eigenvalue weighted by molar-refractivity contribution is 5.90. The van der Waals surface area contributed by atoms with Gasteiger partial charge in [-0.3, -0.25) is 5.10 Å². The molecule has 1 aromatic carbocycles. The average molecular weight is 380 g/mol. The standard InChI is InChI=1S/C18H19F3N4O2/c19-18(20,21)12-4-1-2-5-14(12)22-17(26)25-8-3-6-15(25)16-11-10-27-9-7-13(11)23-24-16/h1-2,4-5,15H,3,6-10H2,(H,22,26)(H,23,24). The van der Waals surface area contributed by atoms with Crippen molar-refractivity contribution in [1.82, 2.24) is 15.1 Å². The first-order valence-corrected chi connectivity index (χ1v) is 8.83. The molecule has 2 aromatic rings. The summed E-state index contributed by atoms with van der Waals surface area (Å²) in [4.78, 5) is 14.3. The molecule has 6 nitrogen and oxygen atoms in total. The van der Waals surface area contributed by atoms with Crippen LogP contribution in [0.4, 0.5) is 23.7 Å². The molecule has 9 heteroatoms. The Bertz CT molecular complexity index is 849. The molecule has 1 unspecified atom stereocenters. The Morgan fingerprint density at radius 3 is 2.96 bits per heavy atom. The van der Waals surface area contributed by atoms with Crippen LogP contribution in [0.3, 0.4) is 0 Å². The van der Waals surface area contributed by atoms with Gasteiger partial charge in [0.05, 0.1) is 36.2 Å². The Balaban J connectivity index is 1.57. The number of aromatic nitrogens is 2. The number of amides is 2. The third-order valence-electron chi connectivity index (χ3n) is 5.03. The smallest absolute Gasteiger partial charge is 0.376 e. The van der Waals surface area contributed by atoms with Gasteiger partial charge in [-0.05, 0) is 25.0 Å². The number of halogens is 3. The summed E-state index contributed by atoms with van der Waals surface area (Å²) >= 11 is 0. The fraction of sp³-hybridized carbons (Fsp3) is 0.444. The van der Waals surface area contributed by atoms with Crippen molar-refractivity contribution in [3.63, 3.8) is 0 Å². The molecule has 2 aliphatic rings. The molecular weight excluding hydrogens is 361 g/mol. The molecule has 2 N–H and O–H groups in total. The largest absolute Gasteiger partial charge is 0.418 e. The van der Waals surface area contributed by atoms with E-state index in [0.717, 1.165) is 35.9 Å². The lowest BCUT2D eigenvalue weighted by atomic mass is 10.0. The minimum atomic E-state index is -4.53. The van der Waals surface area contributed by atoms with Gasteiger partial charge in [-0.2, -0.15) is 18.3 Å². The number of ether oxygens (including phenoxy) is 1. The highest BCUT2D eigenvalue weighted by Crippen LogP contribution is 2.37. The van der Waals surface area contributed by atoms with Gasteiger partial charge in [0, 0.05) is 24.2 Å². The number of hydrogen-bond donors (Lipinski definition) is 2. The average Bonchev–Trinajstić information content (AvgIpc) is 3.27. The van der Waals surface area contributed by atoms with E-state index in [4.69, 9.17) is 4.74 Å². The maximum Gasteiger partial charge on any atom is 0.418 e. The third-order valence-corrected chi connectivity index (χ3v) is 5.03. The van der Waals surface area contributed by atoms with Crippen molar-refractivity contribution < 1.29 is 22.7 Å².